The highest BCUT2D eigenvalue weighted by atomic mass is 16.5. The molecule has 0 aliphatic rings. The van der Waals surface area contributed by atoms with Crippen molar-refractivity contribution < 1.29 is 4.74 Å². The molecule has 0 aliphatic carbocycles. The Morgan fingerprint density at radius 2 is 1.92 bits per heavy atom. The third kappa shape index (κ3) is 2.40. The van der Waals surface area contributed by atoms with E-state index in [2.05, 4.69) is 29.1 Å². The minimum Gasteiger partial charge on any atom is -0.497 e. The summed E-state index contributed by atoms with van der Waals surface area (Å²) in [4.78, 5) is 9.23. The maximum absolute atomic E-state index is 5.33. The topological polar surface area (TPSA) is 52.3 Å². The molecule has 0 spiro atoms. The van der Waals surface area contributed by atoms with Gasteiger partial charge in [0, 0.05) is 11.1 Å². The predicted molar refractivity (Wildman–Crippen MR) is 92.9 cm³/mol. The van der Waals surface area contributed by atoms with Crippen molar-refractivity contribution in [1.29, 1.82) is 0 Å². The van der Waals surface area contributed by atoms with Gasteiger partial charge in [0.2, 0.25) is 0 Å². The highest BCUT2D eigenvalue weighted by Crippen LogP contribution is 2.29. The number of ether oxygens (including phenoxy) is 1. The molecular formula is C19H16N4O. The summed E-state index contributed by atoms with van der Waals surface area (Å²) in [5, 5.41) is 4.30. The summed E-state index contributed by atoms with van der Waals surface area (Å²) in [6.07, 6.45) is 3.46. The van der Waals surface area contributed by atoms with Crippen LogP contribution in [0.2, 0.25) is 0 Å². The van der Waals surface area contributed by atoms with Gasteiger partial charge in [-0.2, -0.15) is 5.10 Å². The zero-order chi connectivity index (χ0) is 16.5. The third-order valence-corrected chi connectivity index (χ3v) is 4.03. The van der Waals surface area contributed by atoms with Crippen LogP contribution in [0.25, 0.3) is 28.2 Å². The summed E-state index contributed by atoms with van der Waals surface area (Å²) in [5.74, 6) is 0.785. The molecule has 4 aromatic rings. The van der Waals surface area contributed by atoms with Crippen LogP contribution in [0.4, 0.5) is 0 Å². The van der Waals surface area contributed by atoms with Crippen LogP contribution in [-0.4, -0.2) is 26.7 Å². The van der Waals surface area contributed by atoms with Crippen molar-refractivity contribution in [1.82, 2.24) is 19.6 Å². The van der Waals surface area contributed by atoms with Crippen molar-refractivity contribution in [3.63, 3.8) is 0 Å². The van der Waals surface area contributed by atoms with E-state index in [9.17, 15) is 0 Å². The van der Waals surface area contributed by atoms with Gasteiger partial charge in [0.1, 0.15) is 17.8 Å². The van der Waals surface area contributed by atoms with Gasteiger partial charge in [0.05, 0.1) is 19.0 Å². The van der Waals surface area contributed by atoms with E-state index < -0.39 is 0 Å². The minimum absolute atomic E-state index is 0.723. The molecule has 0 amide bonds. The van der Waals surface area contributed by atoms with E-state index in [0.29, 0.717) is 0 Å². The zero-order valence-corrected chi connectivity index (χ0v) is 13.5. The Hall–Kier alpha value is -3.21. The molecule has 5 nitrogen and oxygen atoms in total. The lowest BCUT2D eigenvalue weighted by Crippen LogP contribution is -1.98. The Bertz CT molecular complexity index is 1020. The molecule has 2 aromatic carbocycles. The van der Waals surface area contributed by atoms with Gasteiger partial charge < -0.3 is 4.74 Å². The molecule has 0 saturated heterocycles. The summed E-state index contributed by atoms with van der Waals surface area (Å²) in [7, 11) is 1.66. The van der Waals surface area contributed by atoms with Crippen molar-refractivity contribution in [3.8, 4) is 28.3 Å². The van der Waals surface area contributed by atoms with Gasteiger partial charge in [-0.05, 0) is 24.6 Å². The summed E-state index contributed by atoms with van der Waals surface area (Å²) in [5.41, 5.74) is 5.57. The molecular weight excluding hydrogens is 300 g/mol. The quantitative estimate of drug-likeness (QED) is 0.577. The number of nitrogens with zero attached hydrogens (tertiary/aromatic N) is 4. The first-order chi connectivity index (χ1) is 11.8. The normalized spacial score (nSPS) is 10.9. The Morgan fingerprint density at radius 3 is 2.75 bits per heavy atom. The maximum Gasteiger partial charge on any atom is 0.181 e. The highest BCUT2D eigenvalue weighted by Gasteiger charge is 2.13. The fourth-order valence-electron chi connectivity index (χ4n) is 2.78. The summed E-state index contributed by atoms with van der Waals surface area (Å²) in [6, 6.07) is 16.0. The molecule has 0 saturated carbocycles. The average molecular weight is 316 g/mol. The zero-order valence-electron chi connectivity index (χ0n) is 13.5. The second kappa shape index (κ2) is 5.77. The van der Waals surface area contributed by atoms with E-state index >= 15 is 0 Å². The molecule has 0 N–H and O–H groups in total. The first-order valence-electron chi connectivity index (χ1n) is 7.67. The molecule has 0 aliphatic heterocycles. The van der Waals surface area contributed by atoms with Crippen LogP contribution in [0.3, 0.4) is 0 Å². The minimum atomic E-state index is 0.723. The van der Waals surface area contributed by atoms with Crippen LogP contribution in [0.15, 0.2) is 61.1 Å². The Morgan fingerprint density at radius 1 is 1.04 bits per heavy atom. The standard InChI is InChI=1S/C19H16N4O/c1-13-6-3-4-9-16(13)17-11-23-19(20-12-21-23)18(22-17)14-7-5-8-15(10-14)24-2/h3-12H,1-2H3. The third-order valence-electron chi connectivity index (χ3n) is 4.03. The van der Waals surface area contributed by atoms with Crippen molar-refractivity contribution in [2.24, 2.45) is 0 Å². The highest BCUT2D eigenvalue weighted by molar-refractivity contribution is 5.77. The number of aryl methyl sites for hydroxylation is 1. The number of hydrogen-bond acceptors (Lipinski definition) is 4. The number of fused-ring (bicyclic) bond motifs is 1. The van der Waals surface area contributed by atoms with Crippen LogP contribution < -0.4 is 4.74 Å². The molecule has 24 heavy (non-hydrogen) atoms. The molecule has 0 fully saturated rings. The largest absolute Gasteiger partial charge is 0.497 e. The van der Waals surface area contributed by atoms with Gasteiger partial charge in [-0.3, -0.25) is 0 Å². The number of benzene rings is 2. The molecule has 4 rings (SSSR count). The van der Waals surface area contributed by atoms with E-state index in [1.54, 1.807) is 18.0 Å². The lowest BCUT2D eigenvalue weighted by atomic mass is 10.1. The van der Waals surface area contributed by atoms with E-state index in [1.165, 1.54) is 5.56 Å². The maximum atomic E-state index is 5.33. The first-order valence-corrected chi connectivity index (χ1v) is 7.67. The lowest BCUT2D eigenvalue weighted by Gasteiger charge is -2.10. The average Bonchev–Trinajstić information content (AvgIpc) is 3.10. The van der Waals surface area contributed by atoms with Crippen LogP contribution in [0.5, 0.6) is 5.75 Å². The Kier molecular flexibility index (Phi) is 3.46. The number of aromatic nitrogens is 4. The van der Waals surface area contributed by atoms with E-state index in [1.807, 2.05) is 42.6 Å². The summed E-state index contributed by atoms with van der Waals surface area (Å²) < 4.78 is 7.10. The van der Waals surface area contributed by atoms with Crippen LogP contribution in [-0.2, 0) is 0 Å². The SMILES string of the molecule is COc1cccc(-c2nc(-c3ccccc3C)cn3ncnc23)c1. The molecule has 118 valence electrons. The van der Waals surface area contributed by atoms with Crippen LogP contribution >= 0.6 is 0 Å². The lowest BCUT2D eigenvalue weighted by molar-refractivity contribution is 0.415. The van der Waals surface area contributed by atoms with Gasteiger partial charge in [-0.25, -0.2) is 14.5 Å². The molecule has 2 aromatic heterocycles. The van der Waals surface area contributed by atoms with Crippen molar-refractivity contribution in [2.75, 3.05) is 7.11 Å². The monoisotopic (exact) mass is 316 g/mol. The van der Waals surface area contributed by atoms with Gasteiger partial charge in [-0.15, -0.1) is 0 Å². The van der Waals surface area contributed by atoms with Crippen molar-refractivity contribution >= 4 is 5.65 Å². The Balaban J connectivity index is 1.98. The molecule has 0 radical (unpaired) electrons. The van der Waals surface area contributed by atoms with Crippen LogP contribution in [0.1, 0.15) is 5.56 Å². The van der Waals surface area contributed by atoms with Gasteiger partial charge in [-0.1, -0.05) is 36.4 Å². The number of hydrogen-bond donors (Lipinski definition) is 0. The molecule has 5 heteroatoms. The fraction of sp³-hybridized carbons (Fsp3) is 0.105. The van der Waals surface area contributed by atoms with Gasteiger partial charge in [0.25, 0.3) is 0 Å². The fourth-order valence-corrected chi connectivity index (χ4v) is 2.78. The van der Waals surface area contributed by atoms with Crippen molar-refractivity contribution in [2.45, 2.75) is 6.92 Å². The number of methoxy groups -OCH3 is 1. The molecule has 0 bridgehead atoms. The second-order valence-electron chi connectivity index (χ2n) is 5.55. The van der Waals surface area contributed by atoms with E-state index in [0.717, 1.165) is 33.9 Å². The molecule has 2 heterocycles. The Labute approximate surface area is 139 Å². The smallest absolute Gasteiger partial charge is 0.181 e. The van der Waals surface area contributed by atoms with E-state index in [-0.39, 0.29) is 0 Å². The van der Waals surface area contributed by atoms with E-state index in [4.69, 9.17) is 9.72 Å². The number of rotatable bonds is 3. The summed E-state index contributed by atoms with van der Waals surface area (Å²) >= 11 is 0. The van der Waals surface area contributed by atoms with Gasteiger partial charge >= 0.3 is 0 Å². The van der Waals surface area contributed by atoms with Crippen molar-refractivity contribution in [3.05, 3.63) is 66.6 Å². The first kappa shape index (κ1) is 14.4. The molecule has 0 atom stereocenters. The second-order valence-corrected chi connectivity index (χ2v) is 5.55. The molecule has 0 unspecified atom stereocenters. The van der Waals surface area contributed by atoms with Gasteiger partial charge in [0.15, 0.2) is 5.65 Å². The summed E-state index contributed by atoms with van der Waals surface area (Å²) in [6.45, 7) is 2.08. The predicted octanol–water partition coefficient (Wildman–Crippen LogP) is 3.78. The van der Waals surface area contributed by atoms with Crippen LogP contribution in [0, 0.1) is 6.92 Å².